The number of urea groups is 1. The van der Waals surface area contributed by atoms with Crippen LogP contribution >= 0.6 is 11.3 Å². The van der Waals surface area contributed by atoms with E-state index in [0.29, 0.717) is 32.5 Å². The second kappa shape index (κ2) is 8.12. The fourth-order valence-electron chi connectivity index (χ4n) is 2.56. The van der Waals surface area contributed by atoms with Crippen molar-refractivity contribution in [1.82, 2.24) is 15.2 Å². The molecule has 1 fully saturated rings. The summed E-state index contributed by atoms with van der Waals surface area (Å²) < 4.78 is 0. The molecule has 22 heavy (non-hydrogen) atoms. The van der Waals surface area contributed by atoms with Crippen molar-refractivity contribution in [2.24, 2.45) is 5.92 Å². The van der Waals surface area contributed by atoms with Crippen LogP contribution in [-0.4, -0.2) is 46.6 Å². The zero-order chi connectivity index (χ0) is 15.9. The number of carbonyl (C=O) groups excluding carboxylic acids is 1. The molecular weight excluding hydrogens is 302 g/mol. The zero-order valence-corrected chi connectivity index (χ0v) is 13.7. The van der Waals surface area contributed by atoms with Crippen molar-refractivity contribution in [2.45, 2.75) is 39.0 Å². The molecule has 2 heterocycles. The normalized spacial score (nSPS) is 15.8. The second-order valence-corrected chi connectivity index (χ2v) is 6.61. The molecule has 0 bridgehead atoms. The van der Waals surface area contributed by atoms with Gasteiger partial charge >= 0.3 is 12.0 Å². The molecular formula is C15H23N3O3S. The Kier molecular flexibility index (Phi) is 6.18. The molecule has 0 aromatic carbocycles. The van der Waals surface area contributed by atoms with Gasteiger partial charge in [0.1, 0.15) is 0 Å². The van der Waals surface area contributed by atoms with Gasteiger partial charge in [0.2, 0.25) is 0 Å². The molecule has 0 radical (unpaired) electrons. The summed E-state index contributed by atoms with van der Waals surface area (Å²) >= 11 is 1.68. The third kappa shape index (κ3) is 4.98. The highest BCUT2D eigenvalue weighted by molar-refractivity contribution is 7.09. The molecule has 0 aliphatic carbocycles. The van der Waals surface area contributed by atoms with Crippen LogP contribution in [0.15, 0.2) is 5.38 Å². The highest BCUT2D eigenvalue weighted by atomic mass is 32.1. The predicted molar refractivity (Wildman–Crippen MR) is 85.1 cm³/mol. The van der Waals surface area contributed by atoms with Crippen LogP contribution in [0.25, 0.3) is 0 Å². The molecule has 1 aromatic heterocycles. The number of likely N-dealkylation sites (tertiary alicyclic amines) is 1. The summed E-state index contributed by atoms with van der Waals surface area (Å²) in [5.74, 6) is -1.05. The number of aliphatic carboxylic acids is 1. The highest BCUT2D eigenvalue weighted by Crippen LogP contribution is 2.17. The van der Waals surface area contributed by atoms with Gasteiger partial charge in [-0.3, -0.25) is 4.79 Å². The Balaban J connectivity index is 1.57. The lowest BCUT2D eigenvalue weighted by molar-refractivity contribution is -0.143. The molecule has 6 nitrogen and oxygen atoms in total. The third-order valence-corrected chi connectivity index (χ3v) is 4.92. The summed E-state index contributed by atoms with van der Waals surface area (Å²) in [5.41, 5.74) is 1.07. The number of aromatic nitrogens is 1. The van der Waals surface area contributed by atoms with Crippen LogP contribution in [0.5, 0.6) is 0 Å². The standard InChI is InChI=1S/C15H23N3O3S/c1-11-10-22-13(17-11)4-2-3-7-16-15(21)18-8-5-12(6-9-18)14(19)20/h10,12H,2-9H2,1H3,(H,16,21)(H,19,20). The minimum Gasteiger partial charge on any atom is -0.481 e. The molecule has 2 amide bonds. The lowest BCUT2D eigenvalue weighted by atomic mass is 9.97. The molecule has 1 saturated heterocycles. The van der Waals surface area contributed by atoms with E-state index in [9.17, 15) is 9.59 Å². The zero-order valence-electron chi connectivity index (χ0n) is 12.9. The van der Waals surface area contributed by atoms with E-state index in [1.165, 1.54) is 0 Å². The maximum absolute atomic E-state index is 12.0. The molecule has 7 heteroatoms. The molecule has 1 aliphatic heterocycles. The van der Waals surface area contributed by atoms with Crippen molar-refractivity contribution in [2.75, 3.05) is 19.6 Å². The van der Waals surface area contributed by atoms with Gasteiger partial charge in [-0.25, -0.2) is 9.78 Å². The number of piperidine rings is 1. The van der Waals surface area contributed by atoms with Crippen molar-refractivity contribution in [3.8, 4) is 0 Å². The quantitative estimate of drug-likeness (QED) is 0.786. The van der Waals surface area contributed by atoms with Crippen LogP contribution in [0.4, 0.5) is 4.79 Å². The van der Waals surface area contributed by atoms with Crippen molar-refractivity contribution in [3.05, 3.63) is 16.1 Å². The average molecular weight is 325 g/mol. The van der Waals surface area contributed by atoms with Gasteiger partial charge < -0.3 is 15.3 Å². The number of amides is 2. The van der Waals surface area contributed by atoms with E-state index in [0.717, 1.165) is 30.0 Å². The summed E-state index contributed by atoms with van der Waals surface area (Å²) in [4.78, 5) is 29.0. The van der Waals surface area contributed by atoms with Crippen molar-refractivity contribution in [3.63, 3.8) is 0 Å². The third-order valence-electron chi connectivity index (χ3n) is 3.89. The molecule has 2 rings (SSSR count). The highest BCUT2D eigenvalue weighted by Gasteiger charge is 2.26. The number of rotatable bonds is 6. The number of carboxylic acids is 1. The van der Waals surface area contributed by atoms with E-state index >= 15 is 0 Å². The van der Waals surface area contributed by atoms with Crippen LogP contribution in [-0.2, 0) is 11.2 Å². The van der Waals surface area contributed by atoms with Gasteiger partial charge in [-0.2, -0.15) is 0 Å². The Bertz CT molecular complexity index is 510. The molecule has 0 atom stereocenters. The first-order chi connectivity index (χ1) is 10.6. The van der Waals surface area contributed by atoms with E-state index in [1.54, 1.807) is 16.2 Å². The van der Waals surface area contributed by atoms with E-state index in [1.807, 2.05) is 6.92 Å². The number of thiazole rings is 1. The first-order valence-corrected chi connectivity index (χ1v) is 8.61. The fraction of sp³-hybridized carbons (Fsp3) is 0.667. The van der Waals surface area contributed by atoms with Crippen LogP contribution in [0.3, 0.4) is 0 Å². The van der Waals surface area contributed by atoms with Crippen molar-refractivity contribution < 1.29 is 14.7 Å². The molecule has 2 N–H and O–H groups in total. The van der Waals surface area contributed by atoms with E-state index in [2.05, 4.69) is 15.7 Å². The number of nitrogens with zero attached hydrogens (tertiary/aromatic N) is 2. The Morgan fingerprint density at radius 2 is 2.14 bits per heavy atom. The second-order valence-electron chi connectivity index (χ2n) is 5.67. The van der Waals surface area contributed by atoms with E-state index in [4.69, 9.17) is 5.11 Å². The number of nitrogens with one attached hydrogen (secondary N) is 1. The number of aryl methyl sites for hydroxylation is 2. The van der Waals surface area contributed by atoms with Crippen LogP contribution in [0.1, 0.15) is 36.4 Å². The number of carboxylic acid groups (broad SMARTS) is 1. The molecule has 1 aliphatic rings. The summed E-state index contributed by atoms with van der Waals surface area (Å²) in [6, 6.07) is -0.0751. The number of hydrogen-bond acceptors (Lipinski definition) is 4. The van der Waals surface area contributed by atoms with Gasteiger partial charge in [0.25, 0.3) is 0 Å². The number of carbonyl (C=O) groups is 2. The summed E-state index contributed by atoms with van der Waals surface area (Å²) in [6.07, 6.45) is 3.99. The van der Waals surface area contributed by atoms with Gasteiger partial charge in [-0.1, -0.05) is 0 Å². The van der Waals surface area contributed by atoms with Crippen molar-refractivity contribution >= 4 is 23.3 Å². The van der Waals surface area contributed by atoms with Crippen molar-refractivity contribution in [1.29, 1.82) is 0 Å². The maximum Gasteiger partial charge on any atom is 0.317 e. The average Bonchev–Trinajstić information content (AvgIpc) is 2.92. The Morgan fingerprint density at radius 3 is 2.73 bits per heavy atom. The Morgan fingerprint density at radius 1 is 1.41 bits per heavy atom. The monoisotopic (exact) mass is 325 g/mol. The van der Waals surface area contributed by atoms with Gasteiger partial charge in [-0.05, 0) is 39.0 Å². The van der Waals surface area contributed by atoms with E-state index in [-0.39, 0.29) is 11.9 Å². The van der Waals surface area contributed by atoms with Gasteiger partial charge in [0.05, 0.1) is 10.9 Å². The summed E-state index contributed by atoms with van der Waals surface area (Å²) in [7, 11) is 0. The number of unbranched alkanes of at least 4 members (excludes halogenated alkanes) is 1. The first kappa shape index (κ1) is 16.7. The van der Waals surface area contributed by atoms with Gasteiger partial charge in [0.15, 0.2) is 0 Å². The topological polar surface area (TPSA) is 82.5 Å². The Labute approximate surface area is 134 Å². The molecule has 1 aromatic rings. The minimum atomic E-state index is -0.752. The summed E-state index contributed by atoms with van der Waals surface area (Å²) in [5, 5.41) is 15.1. The fourth-order valence-corrected chi connectivity index (χ4v) is 3.37. The largest absolute Gasteiger partial charge is 0.481 e. The lowest BCUT2D eigenvalue weighted by Gasteiger charge is -2.30. The smallest absolute Gasteiger partial charge is 0.317 e. The molecule has 122 valence electrons. The maximum atomic E-state index is 12.0. The minimum absolute atomic E-state index is 0.0751. The van der Waals surface area contributed by atoms with Gasteiger partial charge in [-0.15, -0.1) is 11.3 Å². The lowest BCUT2D eigenvalue weighted by Crippen LogP contribution is -2.45. The predicted octanol–water partition coefficient (Wildman–Crippen LogP) is 2.28. The first-order valence-electron chi connectivity index (χ1n) is 7.73. The SMILES string of the molecule is Cc1csc(CCCCNC(=O)N2CCC(C(=O)O)CC2)n1. The molecule has 0 spiro atoms. The van der Waals surface area contributed by atoms with Gasteiger partial charge in [0, 0.05) is 30.7 Å². The van der Waals surface area contributed by atoms with Crippen LogP contribution in [0, 0.1) is 12.8 Å². The Hall–Kier alpha value is -1.63. The number of hydrogen-bond donors (Lipinski definition) is 2. The molecule has 0 saturated carbocycles. The van der Waals surface area contributed by atoms with E-state index < -0.39 is 5.97 Å². The summed E-state index contributed by atoms with van der Waals surface area (Å²) in [6.45, 7) is 3.71. The van der Waals surface area contributed by atoms with Crippen LogP contribution < -0.4 is 5.32 Å². The van der Waals surface area contributed by atoms with Crippen LogP contribution in [0.2, 0.25) is 0 Å². The molecule has 0 unspecified atom stereocenters.